The molecule has 2 saturated heterocycles. The first kappa shape index (κ1) is 27.7. The van der Waals surface area contributed by atoms with Crippen molar-refractivity contribution in [2.24, 2.45) is 0 Å². The summed E-state index contributed by atoms with van der Waals surface area (Å²) in [6.07, 6.45) is 3.73. The Morgan fingerprint density at radius 1 is 1.02 bits per heavy atom. The van der Waals surface area contributed by atoms with Crippen LogP contribution in [-0.2, 0) is 23.1 Å². The summed E-state index contributed by atoms with van der Waals surface area (Å²) in [5, 5.41) is 18.3. The van der Waals surface area contributed by atoms with Crippen LogP contribution in [0.1, 0.15) is 34.5 Å². The molecule has 4 amide bonds. The number of carbonyl (C=O) groups excluding carboxylic acids is 2. The molecule has 4 N–H and O–H groups in total. The van der Waals surface area contributed by atoms with Crippen molar-refractivity contribution in [2.45, 2.75) is 37.8 Å². The molecule has 0 unspecified atom stereocenters. The molecule has 0 saturated carbocycles. The highest BCUT2D eigenvalue weighted by Gasteiger charge is 2.41. The standard InChI is InChI=1S/C25H32N8O6S/c34-23(29-19-14-17-4-1-2-5-18(17)15-19)21-22(28-9-8-27-21)30-24(35)31-10-12-32(13-11-31)40(38,39)33(25(36)37)20-6-3-7-26-16-20/h1-2,4-5,8-9,19-20,26H,3,6-7,10-16H2,(H,29,34)(H,36,37)(H,28,30,35)/t20-/m0/s1. The number of amides is 4. The van der Waals surface area contributed by atoms with Gasteiger partial charge in [0.2, 0.25) is 0 Å². The van der Waals surface area contributed by atoms with E-state index in [2.05, 4.69) is 25.9 Å². The van der Waals surface area contributed by atoms with E-state index in [1.165, 1.54) is 28.4 Å². The molecular weight excluding hydrogens is 540 g/mol. The molecule has 1 aromatic carbocycles. The van der Waals surface area contributed by atoms with Crippen LogP contribution in [0.4, 0.5) is 15.4 Å². The third-order valence-corrected chi connectivity index (χ3v) is 9.39. The lowest BCUT2D eigenvalue weighted by molar-refractivity contribution is 0.0934. The highest BCUT2D eigenvalue weighted by molar-refractivity contribution is 7.87. The van der Waals surface area contributed by atoms with Gasteiger partial charge in [-0.15, -0.1) is 0 Å². The summed E-state index contributed by atoms with van der Waals surface area (Å²) in [7, 11) is -4.29. The lowest BCUT2D eigenvalue weighted by Gasteiger charge is -2.38. The Labute approximate surface area is 231 Å². The van der Waals surface area contributed by atoms with Crippen molar-refractivity contribution in [3.05, 3.63) is 53.5 Å². The van der Waals surface area contributed by atoms with Crippen LogP contribution in [0, 0.1) is 0 Å². The van der Waals surface area contributed by atoms with Gasteiger partial charge in [-0.3, -0.25) is 10.1 Å². The average Bonchev–Trinajstić information content (AvgIpc) is 3.36. The molecule has 14 nitrogen and oxygen atoms in total. The van der Waals surface area contributed by atoms with Gasteiger partial charge in [0, 0.05) is 51.2 Å². The Bertz CT molecular complexity index is 1350. The number of nitrogens with zero attached hydrogens (tertiary/aromatic N) is 5. The Hall–Kier alpha value is -3.82. The summed E-state index contributed by atoms with van der Waals surface area (Å²) in [5.41, 5.74) is 2.35. The number of benzene rings is 1. The van der Waals surface area contributed by atoms with Crippen molar-refractivity contribution >= 4 is 34.1 Å². The molecule has 1 aliphatic carbocycles. The van der Waals surface area contributed by atoms with E-state index in [0.29, 0.717) is 36.5 Å². The van der Waals surface area contributed by atoms with Crippen LogP contribution in [0.5, 0.6) is 0 Å². The molecule has 5 rings (SSSR count). The Morgan fingerprint density at radius 2 is 1.70 bits per heavy atom. The number of piperazine rings is 1. The Balaban J connectivity index is 1.19. The zero-order chi connectivity index (χ0) is 28.3. The average molecular weight is 573 g/mol. The van der Waals surface area contributed by atoms with Gasteiger partial charge in [-0.2, -0.15) is 17.0 Å². The van der Waals surface area contributed by atoms with Crippen LogP contribution in [0.3, 0.4) is 0 Å². The number of nitrogens with one attached hydrogen (secondary N) is 3. The van der Waals surface area contributed by atoms with E-state index in [9.17, 15) is 27.9 Å². The van der Waals surface area contributed by atoms with Crippen LogP contribution in [-0.4, -0.2) is 106 Å². The highest BCUT2D eigenvalue weighted by Crippen LogP contribution is 2.23. The summed E-state index contributed by atoms with van der Waals surface area (Å²) in [6.45, 7) is 0.885. The number of rotatable bonds is 6. The maximum Gasteiger partial charge on any atom is 0.422 e. The Morgan fingerprint density at radius 3 is 2.33 bits per heavy atom. The number of aromatic nitrogens is 2. The van der Waals surface area contributed by atoms with Crippen LogP contribution in [0.2, 0.25) is 0 Å². The van der Waals surface area contributed by atoms with Crippen molar-refractivity contribution in [3.8, 4) is 0 Å². The summed E-state index contributed by atoms with van der Waals surface area (Å²) < 4.78 is 28.0. The van der Waals surface area contributed by atoms with Gasteiger partial charge in [0.1, 0.15) is 0 Å². The fourth-order valence-electron chi connectivity index (χ4n) is 5.41. The summed E-state index contributed by atoms with van der Waals surface area (Å²) in [5.74, 6) is -0.458. The number of urea groups is 1. The highest BCUT2D eigenvalue weighted by atomic mass is 32.2. The lowest BCUT2D eigenvalue weighted by atomic mass is 10.1. The lowest BCUT2D eigenvalue weighted by Crippen LogP contribution is -2.59. The van der Waals surface area contributed by atoms with E-state index < -0.39 is 34.3 Å². The molecule has 1 atom stereocenters. The van der Waals surface area contributed by atoms with Gasteiger partial charge in [0.15, 0.2) is 11.5 Å². The molecule has 40 heavy (non-hydrogen) atoms. The van der Waals surface area contributed by atoms with Crippen LogP contribution in [0.25, 0.3) is 0 Å². The molecule has 15 heteroatoms. The first-order valence-corrected chi connectivity index (χ1v) is 14.6. The number of carbonyl (C=O) groups is 3. The fourth-order valence-corrected chi connectivity index (χ4v) is 7.04. The van der Waals surface area contributed by atoms with E-state index in [1.807, 2.05) is 24.3 Å². The number of carboxylic acid groups (broad SMARTS) is 1. The summed E-state index contributed by atoms with van der Waals surface area (Å²) in [6, 6.07) is 6.65. The van der Waals surface area contributed by atoms with Gasteiger partial charge in [-0.05, 0) is 43.4 Å². The number of anilines is 1. The molecule has 3 heterocycles. The fraction of sp³-hybridized carbons (Fsp3) is 0.480. The first-order valence-electron chi connectivity index (χ1n) is 13.2. The molecule has 214 valence electrons. The van der Waals surface area contributed by atoms with Gasteiger partial charge in [-0.25, -0.2) is 19.6 Å². The van der Waals surface area contributed by atoms with Crippen LogP contribution < -0.4 is 16.0 Å². The number of hydrogen-bond acceptors (Lipinski definition) is 8. The molecule has 1 aromatic heterocycles. The van der Waals surface area contributed by atoms with Crippen molar-refractivity contribution in [1.82, 2.24) is 34.1 Å². The molecule has 0 radical (unpaired) electrons. The largest absolute Gasteiger partial charge is 0.464 e. The van der Waals surface area contributed by atoms with E-state index in [-0.39, 0.29) is 50.3 Å². The van der Waals surface area contributed by atoms with Gasteiger partial charge < -0.3 is 20.6 Å². The van der Waals surface area contributed by atoms with E-state index in [1.54, 1.807) is 0 Å². The van der Waals surface area contributed by atoms with Crippen LogP contribution in [0.15, 0.2) is 36.7 Å². The zero-order valence-corrected chi connectivity index (χ0v) is 22.6. The van der Waals surface area contributed by atoms with Crippen molar-refractivity contribution < 1.29 is 27.9 Å². The number of fused-ring (bicyclic) bond motifs is 1. The normalized spacial score (nSPS) is 20.0. The third kappa shape index (κ3) is 5.85. The minimum atomic E-state index is -4.29. The van der Waals surface area contributed by atoms with Gasteiger partial charge in [-0.1, -0.05) is 24.3 Å². The maximum atomic E-state index is 13.2. The maximum absolute atomic E-state index is 13.2. The molecule has 3 aliphatic rings. The molecule has 2 aromatic rings. The number of piperidine rings is 1. The minimum absolute atomic E-state index is 0.00240. The molecule has 2 fully saturated rings. The SMILES string of the molecule is O=C(NC1Cc2ccccc2C1)c1nccnc1NC(=O)N1CCN(S(=O)(=O)N(C(=O)O)[C@H]2CCCNC2)CC1. The third-order valence-electron chi connectivity index (χ3n) is 7.42. The van der Waals surface area contributed by atoms with Crippen molar-refractivity contribution in [1.29, 1.82) is 0 Å². The molecule has 2 aliphatic heterocycles. The topological polar surface area (TPSA) is 177 Å². The molecule has 0 bridgehead atoms. The van der Waals surface area contributed by atoms with Crippen molar-refractivity contribution in [2.75, 3.05) is 44.6 Å². The second kappa shape index (κ2) is 11.7. The predicted molar refractivity (Wildman–Crippen MR) is 144 cm³/mol. The predicted octanol–water partition coefficient (Wildman–Crippen LogP) is 0.500. The summed E-state index contributed by atoms with van der Waals surface area (Å²) in [4.78, 5) is 47.6. The Kier molecular flexibility index (Phi) is 8.14. The molecular formula is C25H32N8O6S. The quantitative estimate of drug-likeness (QED) is 0.384. The van der Waals surface area contributed by atoms with E-state index >= 15 is 0 Å². The summed E-state index contributed by atoms with van der Waals surface area (Å²) >= 11 is 0. The smallest absolute Gasteiger partial charge is 0.422 e. The van der Waals surface area contributed by atoms with Crippen LogP contribution >= 0.6 is 0 Å². The zero-order valence-electron chi connectivity index (χ0n) is 21.8. The monoisotopic (exact) mass is 572 g/mol. The van der Waals surface area contributed by atoms with Gasteiger partial charge in [0.25, 0.3) is 5.91 Å². The van der Waals surface area contributed by atoms with Gasteiger partial charge >= 0.3 is 22.3 Å². The van der Waals surface area contributed by atoms with E-state index in [0.717, 1.165) is 4.31 Å². The van der Waals surface area contributed by atoms with Gasteiger partial charge in [0.05, 0.1) is 6.04 Å². The number of hydrogen-bond donors (Lipinski definition) is 4. The van der Waals surface area contributed by atoms with E-state index in [4.69, 9.17) is 0 Å². The first-order chi connectivity index (χ1) is 19.2. The second-order valence-electron chi connectivity index (χ2n) is 10.0. The van der Waals surface area contributed by atoms with Crippen molar-refractivity contribution in [3.63, 3.8) is 0 Å². The molecule has 0 spiro atoms. The second-order valence-corrected chi connectivity index (χ2v) is 11.8. The minimum Gasteiger partial charge on any atom is -0.464 e.